The minimum atomic E-state index is -3.16. The number of anilines is 1. The lowest BCUT2D eigenvalue weighted by Gasteiger charge is -2.42. The minimum Gasteiger partial charge on any atom is -0.368 e. The molecular weight excluding hydrogens is 342 g/mol. The van der Waals surface area contributed by atoms with Crippen LogP contribution in [0.25, 0.3) is 10.8 Å². The molecule has 8 heteroatoms. The number of rotatable bonds is 4. The molecule has 2 heterocycles. The first-order valence-electron chi connectivity index (χ1n) is 8.33. The fraction of sp³-hybridized carbons (Fsp3) is 0.471. The Hall–Kier alpha value is -2.22. The summed E-state index contributed by atoms with van der Waals surface area (Å²) >= 11 is 0. The van der Waals surface area contributed by atoms with E-state index in [-0.39, 0.29) is 11.4 Å². The number of pyridine rings is 1. The van der Waals surface area contributed by atoms with Gasteiger partial charge < -0.3 is 4.90 Å². The van der Waals surface area contributed by atoms with Crippen molar-refractivity contribution in [2.75, 3.05) is 23.7 Å². The molecule has 0 bridgehead atoms. The van der Waals surface area contributed by atoms with E-state index in [0.29, 0.717) is 31.3 Å². The van der Waals surface area contributed by atoms with E-state index in [9.17, 15) is 18.5 Å². The van der Waals surface area contributed by atoms with Crippen LogP contribution in [0.4, 0.5) is 11.4 Å². The second-order valence-corrected chi connectivity index (χ2v) is 8.92. The summed E-state index contributed by atoms with van der Waals surface area (Å²) in [5, 5.41) is 12.5. The molecule has 2 aromatic rings. The summed E-state index contributed by atoms with van der Waals surface area (Å²) in [6, 6.07) is 4.94. The van der Waals surface area contributed by atoms with Crippen molar-refractivity contribution >= 4 is 32.0 Å². The first-order valence-corrected chi connectivity index (χ1v) is 9.99. The van der Waals surface area contributed by atoms with Gasteiger partial charge in [0.15, 0.2) is 9.84 Å². The van der Waals surface area contributed by atoms with Crippen molar-refractivity contribution in [2.45, 2.75) is 31.4 Å². The van der Waals surface area contributed by atoms with Gasteiger partial charge in [0.2, 0.25) is 0 Å². The second-order valence-electron chi connectivity index (χ2n) is 6.41. The fourth-order valence-electron chi connectivity index (χ4n) is 3.69. The third-order valence-corrected chi connectivity index (χ3v) is 8.11. The Morgan fingerprint density at radius 1 is 1.24 bits per heavy atom. The van der Waals surface area contributed by atoms with Crippen LogP contribution in [0.15, 0.2) is 30.6 Å². The molecule has 0 spiro atoms. The van der Waals surface area contributed by atoms with Crippen LogP contribution in [0.3, 0.4) is 0 Å². The first-order chi connectivity index (χ1) is 11.8. The quantitative estimate of drug-likeness (QED) is 0.612. The highest BCUT2D eigenvalue weighted by molar-refractivity contribution is 7.92. The van der Waals surface area contributed by atoms with Crippen molar-refractivity contribution < 1.29 is 13.3 Å². The third-order valence-electron chi connectivity index (χ3n) is 5.37. The van der Waals surface area contributed by atoms with E-state index in [1.807, 2.05) is 18.7 Å². The van der Waals surface area contributed by atoms with Gasteiger partial charge >= 0.3 is 0 Å². The van der Waals surface area contributed by atoms with Crippen molar-refractivity contribution in [2.24, 2.45) is 0 Å². The summed E-state index contributed by atoms with van der Waals surface area (Å²) in [4.78, 5) is 16.9. The van der Waals surface area contributed by atoms with Gasteiger partial charge in [-0.1, -0.05) is 13.8 Å². The molecule has 0 amide bonds. The maximum Gasteiger partial charge on any atom is 0.278 e. The molecule has 25 heavy (non-hydrogen) atoms. The zero-order valence-corrected chi connectivity index (χ0v) is 15.1. The summed E-state index contributed by atoms with van der Waals surface area (Å²) in [5.41, 5.74) is 0.831. The highest BCUT2D eigenvalue weighted by Gasteiger charge is 2.45. The number of hydrogen-bond acceptors (Lipinski definition) is 6. The van der Waals surface area contributed by atoms with Crippen LogP contribution < -0.4 is 4.90 Å². The van der Waals surface area contributed by atoms with Crippen LogP contribution in [0, 0.1) is 10.1 Å². The maximum atomic E-state index is 12.6. The van der Waals surface area contributed by atoms with E-state index in [1.165, 1.54) is 12.3 Å². The molecule has 1 aliphatic heterocycles. The van der Waals surface area contributed by atoms with Crippen molar-refractivity contribution in [1.29, 1.82) is 0 Å². The van der Waals surface area contributed by atoms with E-state index >= 15 is 0 Å². The van der Waals surface area contributed by atoms with E-state index < -0.39 is 19.5 Å². The number of sulfone groups is 1. The van der Waals surface area contributed by atoms with Gasteiger partial charge in [-0.3, -0.25) is 15.1 Å². The molecule has 3 rings (SSSR count). The van der Waals surface area contributed by atoms with Crippen molar-refractivity contribution in [1.82, 2.24) is 4.98 Å². The summed E-state index contributed by atoms with van der Waals surface area (Å²) in [6.45, 7) is 4.60. The molecule has 0 radical (unpaired) electrons. The lowest BCUT2D eigenvalue weighted by Crippen LogP contribution is -2.56. The molecule has 0 aliphatic carbocycles. The molecule has 1 aromatic carbocycles. The van der Waals surface area contributed by atoms with E-state index in [4.69, 9.17) is 0 Å². The van der Waals surface area contributed by atoms with E-state index in [0.717, 1.165) is 11.1 Å². The lowest BCUT2D eigenvalue weighted by molar-refractivity contribution is -0.383. The van der Waals surface area contributed by atoms with Crippen LogP contribution in [-0.2, 0) is 9.84 Å². The number of aromatic nitrogens is 1. The molecule has 1 saturated heterocycles. The van der Waals surface area contributed by atoms with E-state index in [1.54, 1.807) is 18.3 Å². The number of hydrogen-bond donors (Lipinski definition) is 0. The van der Waals surface area contributed by atoms with Crippen molar-refractivity contribution in [3.8, 4) is 0 Å². The average molecular weight is 363 g/mol. The van der Waals surface area contributed by atoms with Gasteiger partial charge in [0, 0.05) is 42.6 Å². The number of nitro groups is 1. The predicted octanol–water partition coefficient (Wildman–Crippen LogP) is 2.94. The standard InChI is InChI=1S/C17H21N3O4S/c1-3-17(4-2)12-19(9-10-25(17,23)24)15-5-6-16(20(21)22)14-11-18-8-7-13(14)15/h5-8,11H,3-4,9-10,12H2,1-2H3. The van der Waals surface area contributed by atoms with Gasteiger partial charge in [-0.05, 0) is 25.0 Å². The van der Waals surface area contributed by atoms with Crippen LogP contribution >= 0.6 is 0 Å². The van der Waals surface area contributed by atoms with Crippen LogP contribution in [-0.4, -0.2) is 41.9 Å². The molecule has 7 nitrogen and oxygen atoms in total. The van der Waals surface area contributed by atoms with Gasteiger partial charge in [-0.15, -0.1) is 0 Å². The van der Waals surface area contributed by atoms with Gasteiger partial charge in [0.05, 0.1) is 20.8 Å². The lowest BCUT2D eigenvalue weighted by atomic mass is 10.00. The van der Waals surface area contributed by atoms with E-state index in [2.05, 4.69) is 4.98 Å². The molecule has 0 atom stereocenters. The molecule has 0 N–H and O–H groups in total. The molecule has 134 valence electrons. The zero-order chi connectivity index (χ0) is 18.2. The normalized spacial score (nSPS) is 19.0. The molecule has 1 fully saturated rings. The number of non-ortho nitro benzene ring substituents is 1. The van der Waals surface area contributed by atoms with Gasteiger partial charge in [-0.2, -0.15) is 0 Å². The smallest absolute Gasteiger partial charge is 0.278 e. The monoisotopic (exact) mass is 363 g/mol. The molecule has 0 unspecified atom stereocenters. The van der Waals surface area contributed by atoms with Gasteiger partial charge in [0.1, 0.15) is 0 Å². The fourth-order valence-corrected chi connectivity index (χ4v) is 5.81. The number of fused-ring (bicyclic) bond motifs is 1. The van der Waals surface area contributed by atoms with Crippen molar-refractivity contribution in [3.63, 3.8) is 0 Å². The SMILES string of the molecule is CCC1(CC)CN(c2ccc([N+](=O)[O-])c3cnccc23)CCS1(=O)=O. The largest absolute Gasteiger partial charge is 0.368 e. The number of benzene rings is 1. The highest BCUT2D eigenvalue weighted by Crippen LogP contribution is 2.38. The van der Waals surface area contributed by atoms with Crippen molar-refractivity contribution in [3.05, 3.63) is 40.7 Å². The van der Waals surface area contributed by atoms with Gasteiger partial charge in [-0.25, -0.2) is 8.42 Å². The number of nitrogens with zero attached hydrogens (tertiary/aromatic N) is 3. The molecular formula is C17H21N3O4S. The Balaban J connectivity index is 2.12. The summed E-state index contributed by atoms with van der Waals surface area (Å²) in [5.74, 6) is 0.0955. The van der Waals surface area contributed by atoms with Gasteiger partial charge in [0.25, 0.3) is 5.69 Å². The number of nitro benzene ring substituents is 1. The summed E-state index contributed by atoms with van der Waals surface area (Å²) in [7, 11) is -3.16. The molecule has 1 aliphatic rings. The third kappa shape index (κ3) is 2.74. The topological polar surface area (TPSA) is 93.4 Å². The average Bonchev–Trinajstić information content (AvgIpc) is 2.61. The predicted molar refractivity (Wildman–Crippen MR) is 97.7 cm³/mol. The molecule has 1 aromatic heterocycles. The van der Waals surface area contributed by atoms with Crippen LogP contribution in [0.2, 0.25) is 0 Å². The highest BCUT2D eigenvalue weighted by atomic mass is 32.2. The zero-order valence-electron chi connectivity index (χ0n) is 14.3. The first kappa shape index (κ1) is 17.6. The summed E-state index contributed by atoms with van der Waals surface area (Å²) in [6.07, 6.45) is 4.19. The summed E-state index contributed by atoms with van der Waals surface area (Å²) < 4.78 is 24.5. The Bertz CT molecular complexity index is 923. The minimum absolute atomic E-state index is 0.00808. The Labute approximate surface area is 146 Å². The molecule has 0 saturated carbocycles. The maximum absolute atomic E-state index is 12.6. The second kappa shape index (κ2) is 6.25. The Morgan fingerprint density at radius 3 is 2.60 bits per heavy atom. The van der Waals surface area contributed by atoms with Crippen LogP contribution in [0.5, 0.6) is 0 Å². The Morgan fingerprint density at radius 2 is 1.96 bits per heavy atom. The van der Waals surface area contributed by atoms with Crippen LogP contribution in [0.1, 0.15) is 26.7 Å². The Kier molecular flexibility index (Phi) is 4.40.